The summed E-state index contributed by atoms with van der Waals surface area (Å²) in [6.45, 7) is 5.46. The molecular weight excluding hydrogens is 316 g/mol. The Balaban J connectivity index is 0. The van der Waals surface area contributed by atoms with Crippen molar-refractivity contribution in [3.63, 3.8) is 0 Å². The molecule has 4 nitrogen and oxygen atoms in total. The number of hydrogen-bond acceptors (Lipinski definition) is 3. The van der Waals surface area contributed by atoms with E-state index in [1.54, 1.807) is 0 Å². The highest BCUT2D eigenvalue weighted by Crippen LogP contribution is 2.14. The van der Waals surface area contributed by atoms with Gasteiger partial charge in [0, 0.05) is 0 Å². The molecule has 0 aromatic heterocycles. The van der Waals surface area contributed by atoms with Crippen LogP contribution in [0.25, 0.3) is 0 Å². The largest absolute Gasteiger partial charge is 0.481 e. The quantitative estimate of drug-likeness (QED) is 0.315. The first-order valence-corrected chi connectivity index (χ1v) is 10.5. The van der Waals surface area contributed by atoms with E-state index in [1.807, 2.05) is 6.92 Å². The molecular formula is C21H44O4. The van der Waals surface area contributed by atoms with Gasteiger partial charge in [-0.25, -0.2) is 0 Å². The van der Waals surface area contributed by atoms with Crippen LogP contribution in [0.3, 0.4) is 0 Å². The molecule has 0 aromatic carbocycles. The third-order valence-electron chi connectivity index (χ3n) is 4.43. The van der Waals surface area contributed by atoms with Gasteiger partial charge in [0.05, 0.1) is 18.6 Å². The van der Waals surface area contributed by atoms with Crippen molar-refractivity contribution >= 4 is 5.97 Å². The standard InChI is InChI=1S/C18H36O2.C3H8O2/c1-3-4-5-6-7-8-9-10-11-12-13-14-15-16-17(2)18(19)20;1-3(5)2-4/h17H,3-16H2,1-2H3,(H,19,20);3-5H,2H2,1H3. The molecule has 152 valence electrons. The fraction of sp³-hybridized carbons (Fsp3) is 0.952. The molecule has 0 saturated heterocycles. The highest BCUT2D eigenvalue weighted by atomic mass is 16.4. The minimum absolute atomic E-state index is 0.139. The maximum Gasteiger partial charge on any atom is 0.306 e. The predicted molar refractivity (Wildman–Crippen MR) is 106 cm³/mol. The summed E-state index contributed by atoms with van der Waals surface area (Å²) in [5.74, 6) is -0.813. The van der Waals surface area contributed by atoms with Gasteiger partial charge in [0.1, 0.15) is 0 Å². The number of carbonyl (C=O) groups is 1. The van der Waals surface area contributed by atoms with Crippen LogP contribution < -0.4 is 0 Å². The Labute approximate surface area is 156 Å². The van der Waals surface area contributed by atoms with E-state index in [1.165, 1.54) is 84.0 Å². The Morgan fingerprint density at radius 1 is 0.760 bits per heavy atom. The third-order valence-corrected chi connectivity index (χ3v) is 4.43. The molecule has 0 saturated carbocycles. The van der Waals surface area contributed by atoms with Crippen molar-refractivity contribution in [1.82, 2.24) is 0 Å². The van der Waals surface area contributed by atoms with Crippen LogP contribution in [0.4, 0.5) is 0 Å². The molecule has 0 spiro atoms. The van der Waals surface area contributed by atoms with Crippen molar-refractivity contribution < 1.29 is 20.1 Å². The number of aliphatic hydroxyl groups is 2. The Kier molecular flexibility index (Phi) is 22.8. The second-order valence-corrected chi connectivity index (χ2v) is 7.30. The molecule has 3 N–H and O–H groups in total. The van der Waals surface area contributed by atoms with Crippen molar-refractivity contribution in [2.24, 2.45) is 5.92 Å². The van der Waals surface area contributed by atoms with Gasteiger partial charge in [-0.15, -0.1) is 0 Å². The van der Waals surface area contributed by atoms with Gasteiger partial charge in [0.15, 0.2) is 0 Å². The van der Waals surface area contributed by atoms with Crippen molar-refractivity contribution in [2.75, 3.05) is 6.61 Å². The van der Waals surface area contributed by atoms with Crippen LogP contribution in [0.1, 0.15) is 111 Å². The smallest absolute Gasteiger partial charge is 0.306 e. The second-order valence-electron chi connectivity index (χ2n) is 7.30. The number of carboxylic acid groups (broad SMARTS) is 1. The molecule has 2 unspecified atom stereocenters. The first-order chi connectivity index (χ1) is 12.0. The van der Waals surface area contributed by atoms with Crippen molar-refractivity contribution in [2.45, 2.75) is 117 Å². The van der Waals surface area contributed by atoms with E-state index in [0.29, 0.717) is 0 Å². The summed E-state index contributed by atoms with van der Waals surface area (Å²) in [7, 11) is 0. The Morgan fingerprint density at radius 2 is 1.08 bits per heavy atom. The van der Waals surface area contributed by atoms with Gasteiger partial charge in [-0.3, -0.25) is 4.79 Å². The lowest BCUT2D eigenvalue weighted by atomic mass is 10.0. The Bertz CT molecular complexity index is 267. The van der Waals surface area contributed by atoms with Gasteiger partial charge in [0.2, 0.25) is 0 Å². The SMILES string of the molecule is CC(O)CO.CCCCCCCCCCCCCCCC(C)C(=O)O. The van der Waals surface area contributed by atoms with Crippen LogP contribution in [0.15, 0.2) is 0 Å². The van der Waals surface area contributed by atoms with E-state index >= 15 is 0 Å². The van der Waals surface area contributed by atoms with Crippen LogP contribution in [-0.2, 0) is 4.79 Å². The molecule has 4 heteroatoms. The maximum absolute atomic E-state index is 10.6. The first-order valence-electron chi connectivity index (χ1n) is 10.5. The molecule has 25 heavy (non-hydrogen) atoms. The lowest BCUT2D eigenvalue weighted by Gasteiger charge is -2.05. The number of carboxylic acids is 1. The van der Waals surface area contributed by atoms with Gasteiger partial charge in [-0.1, -0.05) is 97.3 Å². The molecule has 0 bridgehead atoms. The number of aliphatic carboxylic acids is 1. The number of rotatable bonds is 16. The van der Waals surface area contributed by atoms with Crippen molar-refractivity contribution in [3.05, 3.63) is 0 Å². The van der Waals surface area contributed by atoms with Crippen molar-refractivity contribution in [3.8, 4) is 0 Å². The number of unbranched alkanes of at least 4 members (excludes halogenated alkanes) is 12. The van der Waals surface area contributed by atoms with Gasteiger partial charge in [-0.05, 0) is 13.3 Å². The third kappa shape index (κ3) is 25.7. The predicted octanol–water partition coefficient (Wildman–Crippen LogP) is 5.55. The van der Waals surface area contributed by atoms with Crippen LogP contribution in [0.2, 0.25) is 0 Å². The van der Waals surface area contributed by atoms with Crippen molar-refractivity contribution in [1.29, 1.82) is 0 Å². The zero-order valence-electron chi connectivity index (χ0n) is 17.0. The van der Waals surface area contributed by atoms with E-state index in [4.69, 9.17) is 15.3 Å². The summed E-state index contributed by atoms with van der Waals surface area (Å²) in [4.78, 5) is 10.6. The lowest BCUT2D eigenvalue weighted by molar-refractivity contribution is -0.141. The average molecular weight is 361 g/mol. The van der Waals surface area contributed by atoms with E-state index < -0.39 is 12.1 Å². The zero-order valence-corrected chi connectivity index (χ0v) is 17.0. The number of hydrogen-bond donors (Lipinski definition) is 3. The van der Waals surface area contributed by atoms with Crippen LogP contribution in [0.5, 0.6) is 0 Å². The summed E-state index contributed by atoms with van der Waals surface area (Å²) in [6.07, 6.45) is 17.8. The topological polar surface area (TPSA) is 77.8 Å². The Morgan fingerprint density at radius 3 is 1.36 bits per heavy atom. The normalized spacial score (nSPS) is 13.0. The van der Waals surface area contributed by atoms with E-state index in [0.717, 1.165) is 12.8 Å². The van der Waals surface area contributed by atoms with Gasteiger partial charge < -0.3 is 15.3 Å². The molecule has 0 rings (SSSR count). The molecule has 0 amide bonds. The molecule has 2 atom stereocenters. The summed E-state index contributed by atoms with van der Waals surface area (Å²) >= 11 is 0. The second kappa shape index (κ2) is 21.4. The van der Waals surface area contributed by atoms with E-state index in [2.05, 4.69) is 6.92 Å². The monoisotopic (exact) mass is 360 g/mol. The minimum Gasteiger partial charge on any atom is -0.481 e. The summed E-state index contributed by atoms with van der Waals surface area (Å²) in [5.41, 5.74) is 0. The van der Waals surface area contributed by atoms with Crippen LogP contribution in [0, 0.1) is 5.92 Å². The van der Waals surface area contributed by atoms with Gasteiger partial charge in [0.25, 0.3) is 0 Å². The van der Waals surface area contributed by atoms with E-state index in [-0.39, 0.29) is 12.5 Å². The fourth-order valence-corrected chi connectivity index (χ4v) is 2.59. The molecule has 0 heterocycles. The summed E-state index contributed by atoms with van der Waals surface area (Å²) in [5, 5.41) is 24.8. The minimum atomic E-state index is -0.649. The highest BCUT2D eigenvalue weighted by molar-refractivity contribution is 5.69. The molecule has 0 fully saturated rings. The molecule has 0 aliphatic rings. The van der Waals surface area contributed by atoms with Crippen LogP contribution in [-0.4, -0.2) is 34.0 Å². The van der Waals surface area contributed by atoms with Gasteiger partial charge in [-0.2, -0.15) is 0 Å². The molecule has 0 aliphatic heterocycles. The number of aliphatic hydroxyl groups excluding tert-OH is 2. The summed E-state index contributed by atoms with van der Waals surface area (Å²) < 4.78 is 0. The van der Waals surface area contributed by atoms with Crippen LogP contribution >= 0.6 is 0 Å². The fourth-order valence-electron chi connectivity index (χ4n) is 2.59. The maximum atomic E-state index is 10.6. The van der Waals surface area contributed by atoms with Gasteiger partial charge >= 0.3 is 5.97 Å². The summed E-state index contributed by atoms with van der Waals surface area (Å²) in [6, 6.07) is 0. The van der Waals surface area contributed by atoms with E-state index in [9.17, 15) is 4.79 Å². The molecule has 0 radical (unpaired) electrons. The molecule has 0 aliphatic carbocycles. The molecule has 0 aromatic rings. The first kappa shape index (κ1) is 26.6. The average Bonchev–Trinajstić information content (AvgIpc) is 2.59. The highest BCUT2D eigenvalue weighted by Gasteiger charge is 2.09. The zero-order chi connectivity index (χ0) is 19.3. The lowest BCUT2D eigenvalue weighted by Crippen LogP contribution is -2.08. The Hall–Kier alpha value is -0.610.